The van der Waals surface area contributed by atoms with Crippen LogP contribution in [0, 0.1) is 5.92 Å². The van der Waals surface area contributed by atoms with E-state index in [2.05, 4.69) is 28.2 Å². The van der Waals surface area contributed by atoms with Gasteiger partial charge in [-0.2, -0.15) is 0 Å². The molecule has 1 saturated carbocycles. The predicted molar refractivity (Wildman–Crippen MR) is 76.1 cm³/mol. The SMILES string of the molecule is COc1c(Br)cc(Cl)cc1NC1CCC(C)C1. The smallest absolute Gasteiger partial charge is 0.156 e. The van der Waals surface area contributed by atoms with Crippen molar-refractivity contribution in [3.8, 4) is 5.75 Å². The summed E-state index contributed by atoms with van der Waals surface area (Å²) in [7, 11) is 1.68. The van der Waals surface area contributed by atoms with Gasteiger partial charge >= 0.3 is 0 Å². The minimum Gasteiger partial charge on any atom is -0.493 e. The van der Waals surface area contributed by atoms with Crippen molar-refractivity contribution in [2.75, 3.05) is 12.4 Å². The van der Waals surface area contributed by atoms with Crippen molar-refractivity contribution in [2.45, 2.75) is 32.2 Å². The van der Waals surface area contributed by atoms with Crippen molar-refractivity contribution in [1.82, 2.24) is 0 Å². The summed E-state index contributed by atoms with van der Waals surface area (Å²) in [5.74, 6) is 1.63. The molecule has 2 unspecified atom stereocenters. The van der Waals surface area contributed by atoms with Crippen molar-refractivity contribution in [3.05, 3.63) is 21.6 Å². The van der Waals surface area contributed by atoms with Gasteiger partial charge in [0.15, 0.2) is 5.75 Å². The lowest BCUT2D eigenvalue weighted by molar-refractivity contribution is 0.413. The highest BCUT2D eigenvalue weighted by atomic mass is 79.9. The van der Waals surface area contributed by atoms with E-state index < -0.39 is 0 Å². The Bertz CT molecular complexity index is 411. The number of ether oxygens (including phenoxy) is 1. The Balaban J connectivity index is 2.19. The van der Waals surface area contributed by atoms with Crippen LogP contribution in [0.5, 0.6) is 5.75 Å². The van der Waals surface area contributed by atoms with E-state index in [0.717, 1.165) is 21.8 Å². The fraction of sp³-hybridized carbons (Fsp3) is 0.538. The summed E-state index contributed by atoms with van der Waals surface area (Å²) in [6.45, 7) is 2.30. The van der Waals surface area contributed by atoms with Gasteiger partial charge < -0.3 is 10.1 Å². The maximum absolute atomic E-state index is 6.07. The molecule has 1 fully saturated rings. The number of halogens is 2. The lowest BCUT2D eigenvalue weighted by Crippen LogP contribution is -2.16. The number of methoxy groups -OCH3 is 1. The first-order valence-corrected chi connectivity index (χ1v) is 7.07. The van der Waals surface area contributed by atoms with Crippen LogP contribution >= 0.6 is 27.5 Å². The Labute approximate surface area is 116 Å². The number of nitrogens with one attached hydrogen (secondary N) is 1. The lowest BCUT2D eigenvalue weighted by Gasteiger charge is -2.18. The molecule has 2 rings (SSSR count). The summed E-state index contributed by atoms with van der Waals surface area (Å²) in [4.78, 5) is 0. The first-order valence-electron chi connectivity index (χ1n) is 5.89. The zero-order valence-corrected chi connectivity index (χ0v) is 12.4. The molecule has 4 heteroatoms. The number of anilines is 1. The third-order valence-corrected chi connectivity index (χ3v) is 4.07. The van der Waals surface area contributed by atoms with Crippen LogP contribution in [0.3, 0.4) is 0 Å². The summed E-state index contributed by atoms with van der Waals surface area (Å²) >= 11 is 9.54. The van der Waals surface area contributed by atoms with Gasteiger partial charge in [0.05, 0.1) is 17.3 Å². The third-order valence-electron chi connectivity index (χ3n) is 3.27. The van der Waals surface area contributed by atoms with Gasteiger partial charge in [0.2, 0.25) is 0 Å². The number of hydrogen-bond acceptors (Lipinski definition) is 2. The van der Waals surface area contributed by atoms with E-state index in [1.807, 2.05) is 12.1 Å². The van der Waals surface area contributed by atoms with Crippen LogP contribution in [-0.4, -0.2) is 13.2 Å². The molecule has 94 valence electrons. The van der Waals surface area contributed by atoms with E-state index in [4.69, 9.17) is 16.3 Å². The van der Waals surface area contributed by atoms with Crippen LogP contribution in [0.25, 0.3) is 0 Å². The summed E-state index contributed by atoms with van der Waals surface area (Å²) in [6, 6.07) is 4.31. The monoisotopic (exact) mass is 317 g/mol. The molecule has 0 saturated heterocycles. The molecule has 0 spiro atoms. The van der Waals surface area contributed by atoms with Gasteiger partial charge in [0.25, 0.3) is 0 Å². The molecule has 0 aromatic heterocycles. The van der Waals surface area contributed by atoms with E-state index in [1.54, 1.807) is 7.11 Å². The minimum absolute atomic E-state index is 0.532. The molecule has 0 radical (unpaired) electrons. The minimum atomic E-state index is 0.532. The van der Waals surface area contributed by atoms with Gasteiger partial charge in [0, 0.05) is 11.1 Å². The van der Waals surface area contributed by atoms with Gasteiger partial charge in [-0.1, -0.05) is 18.5 Å². The molecule has 1 aromatic rings. The van der Waals surface area contributed by atoms with E-state index in [0.29, 0.717) is 11.1 Å². The van der Waals surface area contributed by atoms with Crippen LogP contribution in [0.1, 0.15) is 26.2 Å². The Morgan fingerprint density at radius 3 is 2.76 bits per heavy atom. The topological polar surface area (TPSA) is 21.3 Å². The van der Waals surface area contributed by atoms with Crippen molar-refractivity contribution >= 4 is 33.2 Å². The predicted octanol–water partition coefficient (Wildman–Crippen LogP) is 4.71. The molecule has 17 heavy (non-hydrogen) atoms. The van der Waals surface area contributed by atoms with Crippen LogP contribution in [0.2, 0.25) is 5.02 Å². The molecule has 1 aromatic carbocycles. The second-order valence-electron chi connectivity index (χ2n) is 4.73. The lowest BCUT2D eigenvalue weighted by atomic mass is 10.1. The van der Waals surface area contributed by atoms with E-state index >= 15 is 0 Å². The van der Waals surface area contributed by atoms with E-state index in [-0.39, 0.29) is 0 Å². The Morgan fingerprint density at radius 2 is 2.18 bits per heavy atom. The molecular weight excluding hydrogens is 302 g/mol. The van der Waals surface area contributed by atoms with Crippen molar-refractivity contribution < 1.29 is 4.74 Å². The highest BCUT2D eigenvalue weighted by Gasteiger charge is 2.22. The average molecular weight is 319 g/mol. The number of rotatable bonds is 3. The maximum Gasteiger partial charge on any atom is 0.156 e. The van der Waals surface area contributed by atoms with Crippen molar-refractivity contribution in [2.24, 2.45) is 5.92 Å². The number of hydrogen-bond donors (Lipinski definition) is 1. The molecule has 2 nitrogen and oxygen atoms in total. The summed E-state index contributed by atoms with van der Waals surface area (Å²) < 4.78 is 6.29. The first-order chi connectivity index (χ1) is 8.10. The second kappa shape index (κ2) is 5.49. The van der Waals surface area contributed by atoms with Crippen molar-refractivity contribution in [3.63, 3.8) is 0 Å². The zero-order valence-electron chi connectivity index (χ0n) is 10.1. The van der Waals surface area contributed by atoms with Gasteiger partial charge in [-0.15, -0.1) is 0 Å². The molecule has 0 bridgehead atoms. The fourth-order valence-electron chi connectivity index (χ4n) is 2.43. The first kappa shape index (κ1) is 13.0. The van der Waals surface area contributed by atoms with Crippen LogP contribution < -0.4 is 10.1 Å². The third kappa shape index (κ3) is 3.08. The Hall–Kier alpha value is -0.410. The standard InChI is InChI=1S/C13H17BrClNO/c1-8-3-4-10(5-8)16-12-7-9(15)6-11(14)13(12)17-2/h6-8,10,16H,3-5H2,1-2H3. The summed E-state index contributed by atoms with van der Waals surface area (Å²) in [5, 5.41) is 4.25. The molecule has 1 aliphatic carbocycles. The largest absolute Gasteiger partial charge is 0.493 e. The van der Waals surface area contributed by atoms with Crippen LogP contribution in [0.4, 0.5) is 5.69 Å². The second-order valence-corrected chi connectivity index (χ2v) is 6.02. The van der Waals surface area contributed by atoms with E-state index in [1.165, 1.54) is 19.3 Å². The van der Waals surface area contributed by atoms with Gasteiger partial charge in [0.1, 0.15) is 0 Å². The Kier molecular flexibility index (Phi) is 4.21. The van der Waals surface area contributed by atoms with Gasteiger partial charge in [-0.25, -0.2) is 0 Å². The molecule has 0 heterocycles. The van der Waals surface area contributed by atoms with Crippen LogP contribution in [-0.2, 0) is 0 Å². The molecule has 1 N–H and O–H groups in total. The van der Waals surface area contributed by atoms with Gasteiger partial charge in [-0.3, -0.25) is 0 Å². The normalized spacial score (nSPS) is 23.8. The highest BCUT2D eigenvalue weighted by molar-refractivity contribution is 9.10. The quantitative estimate of drug-likeness (QED) is 0.871. The van der Waals surface area contributed by atoms with Crippen LogP contribution in [0.15, 0.2) is 16.6 Å². The molecule has 1 aliphatic rings. The maximum atomic E-state index is 6.07. The molecule has 2 atom stereocenters. The highest BCUT2D eigenvalue weighted by Crippen LogP contribution is 2.38. The van der Waals surface area contributed by atoms with Crippen molar-refractivity contribution in [1.29, 1.82) is 0 Å². The average Bonchev–Trinajstić information content (AvgIpc) is 2.63. The fourth-order valence-corrected chi connectivity index (χ4v) is 3.41. The van der Waals surface area contributed by atoms with Gasteiger partial charge in [-0.05, 0) is 53.2 Å². The van der Waals surface area contributed by atoms with E-state index in [9.17, 15) is 0 Å². The zero-order chi connectivity index (χ0) is 12.4. The number of benzene rings is 1. The molecule has 0 amide bonds. The summed E-state index contributed by atoms with van der Waals surface area (Å²) in [5.41, 5.74) is 0.978. The summed E-state index contributed by atoms with van der Waals surface area (Å²) in [6.07, 6.45) is 3.73. The molecule has 0 aliphatic heterocycles. The molecular formula is C13H17BrClNO. The Morgan fingerprint density at radius 1 is 1.41 bits per heavy atom.